The SMILES string of the molecule is c1ccc(-c2ccc(N(c3ccc(-c4ccccc4)cc3)c3ccc4c(c3)B3c5ccccc5N(c5ccccc5)c5cc(-c6cccc7oc8ccccc8c67)cc-4c53)cc2)cc1. The second kappa shape index (κ2) is 14.6. The van der Waals surface area contributed by atoms with Crippen molar-refractivity contribution >= 4 is 79.2 Å². The van der Waals surface area contributed by atoms with Crippen molar-refractivity contribution in [2.24, 2.45) is 0 Å². The number of hydrogen-bond acceptors (Lipinski definition) is 3. The van der Waals surface area contributed by atoms with Gasteiger partial charge in [0, 0.05) is 44.9 Å². The van der Waals surface area contributed by atoms with Gasteiger partial charge in [0.1, 0.15) is 11.2 Å². The average molecular weight is 815 g/mol. The lowest BCUT2D eigenvalue weighted by Gasteiger charge is -2.36. The van der Waals surface area contributed by atoms with Crippen molar-refractivity contribution < 1.29 is 4.42 Å². The van der Waals surface area contributed by atoms with E-state index >= 15 is 0 Å². The van der Waals surface area contributed by atoms with E-state index in [1.807, 2.05) is 6.07 Å². The van der Waals surface area contributed by atoms with Crippen molar-refractivity contribution in [3.63, 3.8) is 0 Å². The van der Waals surface area contributed by atoms with Gasteiger partial charge in [-0.25, -0.2) is 0 Å². The highest BCUT2D eigenvalue weighted by atomic mass is 16.3. The molecule has 0 N–H and O–H groups in total. The van der Waals surface area contributed by atoms with Crippen molar-refractivity contribution in [2.45, 2.75) is 0 Å². The van der Waals surface area contributed by atoms with Gasteiger partial charge in [-0.3, -0.25) is 0 Å². The Labute approximate surface area is 372 Å². The van der Waals surface area contributed by atoms with Crippen LogP contribution in [0.4, 0.5) is 34.1 Å². The number of anilines is 6. The first-order valence-electron chi connectivity index (χ1n) is 22.0. The molecule has 0 saturated carbocycles. The molecule has 1 aromatic heterocycles. The minimum absolute atomic E-state index is 0.0403. The third kappa shape index (κ3) is 5.77. The highest BCUT2D eigenvalue weighted by molar-refractivity contribution is 7.01. The van der Waals surface area contributed by atoms with Gasteiger partial charge in [0.2, 0.25) is 6.71 Å². The maximum Gasteiger partial charge on any atom is 0.248 e. The van der Waals surface area contributed by atoms with Crippen LogP contribution in [0.5, 0.6) is 0 Å². The standard InChI is InChI=1S/C60H39BN2O/c1-4-15-40(16-5-1)42-27-31-46(32-28-42)62(47-33-29-43(30-34-47)41-17-6-2-7-18-41)48-35-36-50-52-37-44(49-22-14-26-58-59(49)51-21-10-13-25-57(51)64-58)38-56-60(52)61(54(50)39-48)53-23-11-12-24-55(53)63(56)45-19-8-3-9-20-45/h1-39H. The first-order chi connectivity index (χ1) is 31.7. The first kappa shape index (κ1) is 36.3. The number of fused-ring (bicyclic) bond motifs is 8. The number of nitrogens with zero attached hydrogens (tertiary/aromatic N) is 2. The second-order valence-corrected chi connectivity index (χ2v) is 16.8. The number of hydrogen-bond donors (Lipinski definition) is 0. The quantitative estimate of drug-likeness (QED) is 0.149. The largest absolute Gasteiger partial charge is 0.456 e. The van der Waals surface area contributed by atoms with Crippen molar-refractivity contribution in [1.82, 2.24) is 0 Å². The van der Waals surface area contributed by atoms with Gasteiger partial charge in [-0.15, -0.1) is 0 Å². The van der Waals surface area contributed by atoms with Crippen LogP contribution in [0.3, 0.4) is 0 Å². The van der Waals surface area contributed by atoms with Crippen molar-refractivity contribution in [2.75, 3.05) is 9.80 Å². The molecule has 0 radical (unpaired) electrons. The van der Waals surface area contributed by atoms with Gasteiger partial charge in [0.05, 0.1) is 0 Å². The van der Waals surface area contributed by atoms with Crippen LogP contribution in [0.1, 0.15) is 0 Å². The van der Waals surface area contributed by atoms with E-state index in [1.54, 1.807) is 0 Å². The maximum absolute atomic E-state index is 6.44. The third-order valence-electron chi connectivity index (χ3n) is 13.3. The van der Waals surface area contributed by atoms with E-state index in [2.05, 4.69) is 240 Å². The maximum atomic E-state index is 6.44. The van der Waals surface area contributed by atoms with Gasteiger partial charge in [0.25, 0.3) is 0 Å². The first-order valence-corrected chi connectivity index (χ1v) is 22.0. The van der Waals surface area contributed by atoms with Crippen LogP contribution in [0.2, 0.25) is 0 Å². The van der Waals surface area contributed by atoms with Gasteiger partial charge in [-0.05, 0) is 134 Å². The second-order valence-electron chi connectivity index (χ2n) is 16.8. The smallest absolute Gasteiger partial charge is 0.248 e. The van der Waals surface area contributed by atoms with Crippen LogP contribution in [-0.2, 0) is 0 Å². The van der Waals surface area contributed by atoms with E-state index in [-0.39, 0.29) is 6.71 Å². The predicted molar refractivity (Wildman–Crippen MR) is 269 cm³/mol. The van der Waals surface area contributed by atoms with E-state index in [0.29, 0.717) is 0 Å². The zero-order chi connectivity index (χ0) is 42.1. The summed E-state index contributed by atoms with van der Waals surface area (Å²) in [7, 11) is 0. The Morgan fingerprint density at radius 3 is 1.64 bits per heavy atom. The van der Waals surface area contributed by atoms with Crippen LogP contribution in [0, 0.1) is 0 Å². The average Bonchev–Trinajstić information content (AvgIpc) is 3.92. The summed E-state index contributed by atoms with van der Waals surface area (Å²) in [6.07, 6.45) is 0. The van der Waals surface area contributed by atoms with Crippen LogP contribution in [0.25, 0.3) is 66.4 Å². The van der Waals surface area contributed by atoms with Crippen molar-refractivity contribution in [3.05, 3.63) is 237 Å². The van der Waals surface area contributed by atoms with Crippen LogP contribution < -0.4 is 26.2 Å². The molecule has 2 aliphatic rings. The summed E-state index contributed by atoms with van der Waals surface area (Å²) >= 11 is 0. The molecule has 0 amide bonds. The molecule has 0 unspecified atom stereocenters. The molecule has 13 rings (SSSR count). The Morgan fingerprint density at radius 1 is 0.359 bits per heavy atom. The molecule has 298 valence electrons. The number of furan rings is 1. The fraction of sp³-hybridized carbons (Fsp3) is 0. The van der Waals surface area contributed by atoms with Gasteiger partial charge in [-0.2, -0.15) is 0 Å². The molecule has 3 nitrogen and oxygen atoms in total. The van der Waals surface area contributed by atoms with Crippen molar-refractivity contribution in [1.29, 1.82) is 0 Å². The molecule has 2 aliphatic heterocycles. The van der Waals surface area contributed by atoms with Gasteiger partial charge in [-0.1, -0.05) is 163 Å². The summed E-state index contributed by atoms with van der Waals surface area (Å²) in [5.74, 6) is 0. The van der Waals surface area contributed by atoms with E-state index < -0.39 is 0 Å². The van der Waals surface area contributed by atoms with Crippen LogP contribution >= 0.6 is 0 Å². The number of rotatable bonds is 7. The van der Waals surface area contributed by atoms with E-state index in [0.717, 1.165) is 44.7 Å². The Hall–Kier alpha value is -8.34. The lowest BCUT2D eigenvalue weighted by Crippen LogP contribution is -2.54. The Kier molecular flexibility index (Phi) is 8.32. The molecular formula is C60H39BN2O. The molecule has 11 aromatic rings. The minimum Gasteiger partial charge on any atom is -0.456 e. The molecule has 0 bridgehead atoms. The molecule has 64 heavy (non-hydrogen) atoms. The summed E-state index contributed by atoms with van der Waals surface area (Å²) in [5.41, 5.74) is 22.3. The highest BCUT2D eigenvalue weighted by Gasteiger charge is 2.43. The fourth-order valence-corrected chi connectivity index (χ4v) is 10.4. The van der Waals surface area contributed by atoms with Gasteiger partial charge in [0.15, 0.2) is 0 Å². The van der Waals surface area contributed by atoms with E-state index in [4.69, 9.17) is 4.42 Å². The Balaban J connectivity index is 1.02. The lowest BCUT2D eigenvalue weighted by atomic mass is 9.37. The summed E-state index contributed by atoms with van der Waals surface area (Å²) in [4.78, 5) is 4.89. The van der Waals surface area contributed by atoms with Crippen molar-refractivity contribution in [3.8, 4) is 44.5 Å². The molecule has 4 heteroatoms. The molecule has 0 aliphatic carbocycles. The van der Waals surface area contributed by atoms with Gasteiger partial charge >= 0.3 is 0 Å². The minimum atomic E-state index is 0.0403. The number of benzene rings is 10. The zero-order valence-corrected chi connectivity index (χ0v) is 34.9. The van der Waals surface area contributed by atoms with Crippen LogP contribution in [-0.4, -0.2) is 6.71 Å². The van der Waals surface area contributed by atoms with E-state index in [9.17, 15) is 0 Å². The highest BCUT2D eigenvalue weighted by Crippen LogP contribution is 2.46. The number of para-hydroxylation sites is 3. The van der Waals surface area contributed by atoms with Gasteiger partial charge < -0.3 is 14.2 Å². The fourth-order valence-electron chi connectivity index (χ4n) is 10.4. The third-order valence-corrected chi connectivity index (χ3v) is 13.3. The summed E-state index contributed by atoms with van der Waals surface area (Å²) in [5, 5.41) is 2.27. The summed E-state index contributed by atoms with van der Waals surface area (Å²) in [6, 6.07) is 85.9. The Morgan fingerprint density at radius 2 is 0.938 bits per heavy atom. The zero-order valence-electron chi connectivity index (χ0n) is 34.9. The molecule has 0 saturated heterocycles. The molecule has 0 fully saturated rings. The van der Waals surface area contributed by atoms with Crippen LogP contribution in [0.15, 0.2) is 241 Å². The Bertz CT molecular complexity index is 3460. The summed E-state index contributed by atoms with van der Waals surface area (Å²) in [6.45, 7) is 0.0403. The lowest BCUT2D eigenvalue weighted by molar-refractivity contribution is 0.669. The molecular weight excluding hydrogens is 775 g/mol. The molecule has 10 aromatic carbocycles. The summed E-state index contributed by atoms with van der Waals surface area (Å²) < 4.78 is 6.44. The predicted octanol–water partition coefficient (Wildman–Crippen LogP) is 14.3. The molecule has 3 heterocycles. The molecule has 0 spiro atoms. The molecule has 0 atom stereocenters. The monoisotopic (exact) mass is 814 g/mol. The normalized spacial score (nSPS) is 12.3. The topological polar surface area (TPSA) is 19.6 Å². The van der Waals surface area contributed by atoms with E-state index in [1.165, 1.54) is 72.3 Å².